The van der Waals surface area contributed by atoms with Gasteiger partial charge in [-0.25, -0.2) is 4.68 Å². The second-order valence-corrected chi connectivity index (χ2v) is 7.38. The molecule has 0 fully saturated rings. The Hall–Kier alpha value is -2.86. The van der Waals surface area contributed by atoms with Crippen molar-refractivity contribution in [3.05, 3.63) is 51.8 Å². The molecule has 0 spiro atoms. The predicted octanol–water partition coefficient (Wildman–Crippen LogP) is 0.857. The smallest absolute Gasteiger partial charge is 0.302 e. The number of nitro benzene ring substituents is 1. The maximum Gasteiger partial charge on any atom is 0.302 e. The molecule has 0 radical (unpaired) electrons. The highest BCUT2D eigenvalue weighted by molar-refractivity contribution is 7.85. The van der Waals surface area contributed by atoms with E-state index in [0.717, 1.165) is 11.8 Å². The van der Waals surface area contributed by atoms with Gasteiger partial charge < -0.3 is 4.74 Å². The summed E-state index contributed by atoms with van der Waals surface area (Å²) in [6.45, 7) is 0.827. The lowest BCUT2D eigenvalue weighted by Gasteiger charge is -2.15. The summed E-state index contributed by atoms with van der Waals surface area (Å²) >= 11 is 0. The van der Waals surface area contributed by atoms with Crippen LogP contribution in [0.4, 0.5) is 5.69 Å². The summed E-state index contributed by atoms with van der Waals surface area (Å²) in [4.78, 5) is 21.2. The van der Waals surface area contributed by atoms with Crippen LogP contribution in [0.2, 0.25) is 0 Å². The van der Waals surface area contributed by atoms with Crippen LogP contribution in [0.25, 0.3) is 0 Å². The molecule has 0 saturated heterocycles. The van der Waals surface area contributed by atoms with Crippen molar-refractivity contribution in [3.8, 4) is 0 Å². The molecular formula is C15H18N4O7S. The summed E-state index contributed by atoms with van der Waals surface area (Å²) in [5.74, 6) is -0.523. The number of rotatable bonds is 9. The van der Waals surface area contributed by atoms with Gasteiger partial charge in [0.05, 0.1) is 23.5 Å². The number of ether oxygens (including phenoxy) is 1. The molecule has 0 amide bonds. The molecule has 2 aromatic rings. The predicted molar refractivity (Wildman–Crippen MR) is 92.4 cm³/mol. The molecule has 1 atom stereocenters. The van der Waals surface area contributed by atoms with Gasteiger partial charge in [0.15, 0.2) is 0 Å². The zero-order valence-corrected chi connectivity index (χ0v) is 15.5. The third-order valence-electron chi connectivity index (χ3n) is 3.42. The second kappa shape index (κ2) is 8.68. The van der Waals surface area contributed by atoms with Crippen molar-refractivity contribution in [3.63, 3.8) is 0 Å². The fraction of sp³-hybridized carbons (Fsp3) is 0.400. The largest absolute Gasteiger partial charge is 0.463 e. The summed E-state index contributed by atoms with van der Waals surface area (Å²) < 4.78 is 33.5. The number of carbonyl (C=O) groups is 1. The topological polar surface area (TPSA) is 144 Å². The van der Waals surface area contributed by atoms with Gasteiger partial charge in [-0.2, -0.15) is 8.42 Å². The fourth-order valence-electron chi connectivity index (χ4n) is 2.13. The normalized spacial score (nSPS) is 12.5. The number of nitrogens with zero attached hydrogens (tertiary/aromatic N) is 4. The summed E-state index contributed by atoms with van der Waals surface area (Å²) in [7, 11) is -3.68. The highest BCUT2D eigenvalue weighted by Crippen LogP contribution is 2.15. The van der Waals surface area contributed by atoms with Crippen LogP contribution in [0.5, 0.6) is 0 Å². The number of benzene rings is 1. The van der Waals surface area contributed by atoms with E-state index in [1.54, 1.807) is 18.3 Å². The van der Waals surface area contributed by atoms with Gasteiger partial charge in [-0.15, -0.1) is 5.10 Å². The van der Waals surface area contributed by atoms with Crippen molar-refractivity contribution in [1.29, 1.82) is 0 Å². The number of carbonyl (C=O) groups excluding carboxylic acids is 1. The van der Waals surface area contributed by atoms with E-state index in [2.05, 4.69) is 10.3 Å². The first kappa shape index (κ1) is 20.5. The number of non-ortho nitro benzene ring substituents is 1. The van der Waals surface area contributed by atoms with Crippen LogP contribution in [0.1, 0.15) is 24.2 Å². The second-order valence-electron chi connectivity index (χ2n) is 5.74. The zero-order chi connectivity index (χ0) is 20.0. The number of hydrogen-bond acceptors (Lipinski definition) is 9. The van der Waals surface area contributed by atoms with E-state index in [1.807, 2.05) is 0 Å². The van der Waals surface area contributed by atoms with Crippen molar-refractivity contribution in [2.24, 2.45) is 0 Å². The van der Waals surface area contributed by atoms with Crippen LogP contribution >= 0.6 is 0 Å². The van der Waals surface area contributed by atoms with Gasteiger partial charge in [0.1, 0.15) is 12.6 Å². The van der Waals surface area contributed by atoms with E-state index < -0.39 is 27.1 Å². The van der Waals surface area contributed by atoms with E-state index >= 15 is 0 Å². The average Bonchev–Trinajstić information content (AvgIpc) is 3.02. The van der Waals surface area contributed by atoms with E-state index in [-0.39, 0.29) is 18.9 Å². The van der Waals surface area contributed by atoms with Crippen LogP contribution in [0.3, 0.4) is 0 Å². The Labute approximate surface area is 155 Å². The Bertz CT molecular complexity index is 909. The molecule has 2 rings (SSSR count). The minimum absolute atomic E-state index is 0.0122. The molecular weight excluding hydrogens is 380 g/mol. The SMILES string of the molecule is CC(=O)OCC(COS(C)(=O)=O)n1cc(Cc2ccc([N+](=O)[O-])cc2)nn1. The van der Waals surface area contributed by atoms with Crippen LogP contribution in [-0.2, 0) is 30.3 Å². The van der Waals surface area contributed by atoms with Crippen LogP contribution in [0, 0.1) is 10.1 Å². The number of aromatic nitrogens is 3. The van der Waals surface area contributed by atoms with Gasteiger partial charge in [-0.1, -0.05) is 17.3 Å². The molecule has 0 bridgehead atoms. The molecule has 146 valence electrons. The van der Waals surface area contributed by atoms with E-state index in [1.165, 1.54) is 23.7 Å². The van der Waals surface area contributed by atoms with E-state index in [4.69, 9.17) is 8.92 Å². The lowest BCUT2D eigenvalue weighted by atomic mass is 10.1. The number of esters is 1. The Morgan fingerprint density at radius 2 is 1.96 bits per heavy atom. The zero-order valence-electron chi connectivity index (χ0n) is 14.6. The van der Waals surface area contributed by atoms with Gasteiger partial charge in [-0.05, 0) is 5.56 Å². The van der Waals surface area contributed by atoms with Crippen molar-refractivity contribution in [2.45, 2.75) is 19.4 Å². The lowest BCUT2D eigenvalue weighted by Crippen LogP contribution is -2.24. The molecule has 0 saturated carbocycles. The minimum atomic E-state index is -3.68. The van der Waals surface area contributed by atoms with Crippen molar-refractivity contribution in [2.75, 3.05) is 19.5 Å². The van der Waals surface area contributed by atoms with Crippen LogP contribution in [0.15, 0.2) is 30.5 Å². The highest BCUT2D eigenvalue weighted by Gasteiger charge is 2.18. The highest BCUT2D eigenvalue weighted by atomic mass is 32.2. The first-order chi connectivity index (χ1) is 12.6. The quantitative estimate of drug-likeness (QED) is 0.260. The maximum atomic E-state index is 11.2. The van der Waals surface area contributed by atoms with Gasteiger partial charge in [0.25, 0.3) is 15.8 Å². The van der Waals surface area contributed by atoms with Crippen molar-refractivity contribution in [1.82, 2.24) is 15.0 Å². The number of hydrogen-bond donors (Lipinski definition) is 0. The molecule has 0 aliphatic carbocycles. The monoisotopic (exact) mass is 398 g/mol. The van der Waals surface area contributed by atoms with Gasteiger partial charge in [0, 0.05) is 31.7 Å². The average molecular weight is 398 g/mol. The molecule has 0 aliphatic rings. The standard InChI is InChI=1S/C15H18N4O7S/c1-11(20)25-9-15(10-26-27(2,23)24)18-8-13(16-17-18)7-12-3-5-14(6-4-12)19(21)22/h3-6,8,15H,7,9-10H2,1-2H3. The maximum absolute atomic E-state index is 11.2. The van der Waals surface area contributed by atoms with Crippen LogP contribution in [-0.4, -0.2) is 53.8 Å². The molecule has 1 aromatic heterocycles. The van der Waals surface area contributed by atoms with Crippen molar-refractivity contribution < 1.29 is 27.1 Å². The Morgan fingerprint density at radius 1 is 1.30 bits per heavy atom. The fourth-order valence-corrected chi connectivity index (χ4v) is 2.54. The molecule has 1 heterocycles. The van der Waals surface area contributed by atoms with Crippen LogP contribution < -0.4 is 0 Å². The van der Waals surface area contributed by atoms with Crippen molar-refractivity contribution >= 4 is 21.8 Å². The first-order valence-electron chi connectivity index (χ1n) is 7.76. The lowest BCUT2D eigenvalue weighted by molar-refractivity contribution is -0.384. The Balaban J connectivity index is 2.10. The van der Waals surface area contributed by atoms with Gasteiger partial charge in [-0.3, -0.25) is 19.1 Å². The third-order valence-corrected chi connectivity index (χ3v) is 3.98. The third kappa shape index (κ3) is 6.75. The minimum Gasteiger partial charge on any atom is -0.463 e. The van der Waals surface area contributed by atoms with Gasteiger partial charge in [0.2, 0.25) is 0 Å². The molecule has 11 nitrogen and oxygen atoms in total. The summed E-state index contributed by atoms with van der Waals surface area (Å²) in [5.41, 5.74) is 1.33. The van der Waals surface area contributed by atoms with E-state index in [9.17, 15) is 23.3 Å². The Morgan fingerprint density at radius 3 is 2.52 bits per heavy atom. The first-order valence-corrected chi connectivity index (χ1v) is 9.57. The van der Waals surface area contributed by atoms with Gasteiger partial charge >= 0.3 is 5.97 Å². The molecule has 1 unspecified atom stereocenters. The Kier molecular flexibility index (Phi) is 6.58. The summed E-state index contributed by atoms with van der Waals surface area (Å²) in [6, 6.07) is 5.33. The summed E-state index contributed by atoms with van der Waals surface area (Å²) in [6.07, 6.45) is 2.85. The van der Waals surface area contributed by atoms with E-state index in [0.29, 0.717) is 12.1 Å². The molecule has 0 N–H and O–H groups in total. The number of nitro groups is 1. The molecule has 0 aliphatic heterocycles. The molecule has 12 heteroatoms. The molecule has 1 aromatic carbocycles. The molecule has 27 heavy (non-hydrogen) atoms. The summed E-state index contributed by atoms with van der Waals surface area (Å²) in [5, 5.41) is 18.6.